The number of nitrogens with one attached hydrogen (secondary N) is 8. The standard InChI is InChI=1S/C50H70N10O6S4.10H2S/c1-28(51-5)46(67)55-34-23-25-69-37-22-21-36(59(37)48(34)65)42(61)57-39(30-13-9-7-10-14-30)43(62)53-32-17-19-33(20-18-32)54-44(63)40(31-15-11-8-12-16-31)58-45(64)41-50(3,4)27-38-60(41)49(66)35(24-26-70-38)56-47(68)29(2)52-6;;;;;;;;;;/h7-16,28-29,32-41,51-52H,17-27H2,1-6H3,(H,53,62)(H,54,63)(H,55,67)(H,56,68)(H,57,61)(H,58,64);10*1H2/t28-,29-,32?,33?,34-,35+,36-,37-,38-,39+,40-,41+;;;;;;;;;;/m0........../s1. The first-order valence-corrected chi connectivity index (χ1v) is 27.6. The summed E-state index contributed by atoms with van der Waals surface area (Å²) in [6.07, 6.45) is 5.20. The number of hydrogen-bond acceptors (Lipinski definition) is 12. The number of rotatable bonds is 16. The third-order valence-corrected chi connectivity index (χ3v) is 18.0. The van der Waals surface area contributed by atoms with E-state index in [2.05, 4.69) is 42.5 Å². The molecular weight excluding hydrogens is 1290 g/mol. The fourth-order valence-electron chi connectivity index (χ4n) is 10.3. The molecule has 0 aromatic heterocycles. The summed E-state index contributed by atoms with van der Waals surface area (Å²) < 4.78 is 0. The lowest BCUT2D eigenvalue weighted by atomic mass is 9.83. The van der Waals surface area contributed by atoms with Gasteiger partial charge in [0.05, 0.1) is 32.8 Å². The molecule has 5 aliphatic rings. The molecule has 10 atom stereocenters. The van der Waals surface area contributed by atoms with Crippen molar-refractivity contribution >= 4 is 228 Å². The highest BCUT2D eigenvalue weighted by Crippen LogP contribution is 2.46. The van der Waals surface area contributed by atoms with E-state index in [0.717, 1.165) is 11.5 Å². The van der Waals surface area contributed by atoms with Crippen molar-refractivity contribution < 1.29 is 28.8 Å². The minimum atomic E-state index is -1.02. The van der Waals surface area contributed by atoms with Gasteiger partial charge in [-0.2, -0.15) is 135 Å². The van der Waals surface area contributed by atoms with Crippen LogP contribution in [0.25, 0.3) is 0 Å². The fourth-order valence-corrected chi connectivity index (χ4v) is 13.7. The zero-order chi connectivity index (χ0) is 50.3. The Bertz CT molecular complexity index is 2270. The predicted octanol–water partition coefficient (Wildman–Crippen LogP) is 4.70. The largest absolute Gasteiger partial charge is 0.367 e. The molecule has 6 amide bonds. The van der Waals surface area contributed by atoms with Gasteiger partial charge < -0.3 is 52.3 Å². The third kappa shape index (κ3) is 21.2. The second-order valence-electron chi connectivity index (χ2n) is 19.8. The lowest BCUT2D eigenvalue weighted by Crippen LogP contribution is -2.58. The van der Waals surface area contributed by atoms with Gasteiger partial charge in [0.1, 0.15) is 36.3 Å². The van der Waals surface area contributed by atoms with E-state index < -0.39 is 47.6 Å². The van der Waals surface area contributed by atoms with Gasteiger partial charge in [-0.3, -0.25) is 28.8 Å². The number of hydrogen-bond donors (Lipinski definition) is 8. The van der Waals surface area contributed by atoms with Crippen LogP contribution in [0.15, 0.2) is 60.7 Å². The average molecular weight is 1380 g/mol. The number of thioether (sulfide) groups is 2. The van der Waals surface area contributed by atoms with Crippen LogP contribution in [-0.4, -0.2) is 140 Å². The van der Waals surface area contributed by atoms with Crippen LogP contribution >= 0.6 is 183 Å². The maximum Gasteiger partial charge on any atom is 0.247 e. The Morgan fingerprint density at radius 3 is 1.34 bits per heavy atom. The first-order chi connectivity index (χ1) is 33.5. The maximum absolute atomic E-state index is 14.6. The van der Waals surface area contributed by atoms with Crippen LogP contribution in [0.5, 0.6) is 0 Å². The van der Waals surface area contributed by atoms with E-state index in [1.165, 1.54) is 0 Å². The molecule has 4 aliphatic heterocycles. The van der Waals surface area contributed by atoms with Gasteiger partial charge >= 0.3 is 0 Å². The highest BCUT2D eigenvalue weighted by atomic mass is 32.2. The summed E-state index contributed by atoms with van der Waals surface area (Å²) in [5.41, 5.74) is 0.660. The predicted molar refractivity (Wildman–Crippen MR) is 388 cm³/mol. The smallest absolute Gasteiger partial charge is 0.247 e. The molecule has 0 bridgehead atoms. The van der Waals surface area contributed by atoms with Gasteiger partial charge in [-0.25, -0.2) is 0 Å². The van der Waals surface area contributed by atoms with Crippen molar-refractivity contribution in [2.75, 3.05) is 25.6 Å². The average Bonchev–Trinajstić information content (AvgIpc) is 3.81. The van der Waals surface area contributed by atoms with Gasteiger partial charge in [0.15, 0.2) is 0 Å². The van der Waals surface area contributed by atoms with Crippen molar-refractivity contribution in [1.82, 2.24) is 52.3 Å². The lowest BCUT2D eigenvalue weighted by molar-refractivity contribution is -0.143. The molecule has 2 aromatic rings. The Morgan fingerprint density at radius 1 is 0.537 bits per heavy atom. The summed E-state index contributed by atoms with van der Waals surface area (Å²) in [4.78, 5) is 90.3. The van der Waals surface area contributed by atoms with Crippen LogP contribution in [0.4, 0.5) is 0 Å². The molecule has 4 heterocycles. The summed E-state index contributed by atoms with van der Waals surface area (Å²) in [5.74, 6) is -0.358. The SMILES string of the molecule is CN[C@@H](C)C(=S)N[C@H]1CCS[C@H]2CC[C@@H](C(=O)N[C@@H](C(=O)NC3CCC(NC(=O)[C@@H](NC(=O)[C@H]4N5C(=O)[C@H](NC(=S)[C@H](C)NC)CCS[C@H]5CC4(C)C)c4ccccc4)CC3)c3ccccc3)N2C1=O.S.S.S.S.S.S.S.S.S.S. The van der Waals surface area contributed by atoms with Crippen molar-refractivity contribution in [2.24, 2.45) is 5.41 Å². The number of thiocarbonyl (C=S) groups is 2. The van der Waals surface area contributed by atoms with Crippen LogP contribution in [0.3, 0.4) is 0 Å². The van der Waals surface area contributed by atoms with Gasteiger partial charge in [-0.15, -0.1) is 23.5 Å². The minimum Gasteiger partial charge on any atom is -0.367 e. The molecule has 0 radical (unpaired) electrons. The van der Waals surface area contributed by atoms with Gasteiger partial charge in [-0.1, -0.05) is 98.9 Å². The van der Waals surface area contributed by atoms with Crippen molar-refractivity contribution in [3.63, 3.8) is 0 Å². The number of nitrogens with zero attached hydrogens (tertiary/aromatic N) is 2. The van der Waals surface area contributed by atoms with Crippen molar-refractivity contribution in [3.8, 4) is 0 Å². The van der Waals surface area contributed by atoms with E-state index in [9.17, 15) is 28.8 Å². The lowest BCUT2D eigenvalue weighted by Gasteiger charge is -2.35. The molecule has 0 spiro atoms. The van der Waals surface area contributed by atoms with Crippen LogP contribution in [0.2, 0.25) is 0 Å². The Hall–Kier alpha value is -0.840. The fraction of sp³-hybridized carbons (Fsp3) is 0.600. The normalized spacial score (nSPS) is 24.5. The number of likely N-dealkylation sites (N-methyl/N-ethyl adjacent to an activating group) is 2. The molecule has 30 heteroatoms. The minimum absolute atomic E-state index is 0. The number of carbonyl (C=O) groups is 6. The Labute approximate surface area is 563 Å². The highest BCUT2D eigenvalue weighted by molar-refractivity contribution is 8.00. The third-order valence-electron chi connectivity index (χ3n) is 14.5. The monoisotopic (exact) mass is 1370 g/mol. The summed E-state index contributed by atoms with van der Waals surface area (Å²) in [7, 11) is 3.62. The number of benzene rings is 2. The zero-order valence-electron chi connectivity index (χ0n) is 46.0. The van der Waals surface area contributed by atoms with E-state index in [-0.39, 0.29) is 199 Å². The molecule has 1 aliphatic carbocycles. The van der Waals surface area contributed by atoms with Crippen LogP contribution in [0.1, 0.15) is 109 Å². The molecule has 8 N–H and O–H groups in total. The van der Waals surface area contributed by atoms with Crippen LogP contribution in [-0.2, 0) is 28.8 Å². The first-order valence-electron chi connectivity index (χ1n) is 24.7. The topological polar surface area (TPSA) is 205 Å². The Kier molecular flexibility index (Phi) is 42.6. The van der Waals surface area contributed by atoms with E-state index in [0.29, 0.717) is 78.9 Å². The second kappa shape index (κ2) is 39.8. The summed E-state index contributed by atoms with van der Waals surface area (Å²) in [6.45, 7) is 7.85. The molecule has 80 heavy (non-hydrogen) atoms. The summed E-state index contributed by atoms with van der Waals surface area (Å²) in [6, 6.07) is 12.8. The Morgan fingerprint density at radius 2 is 0.925 bits per heavy atom. The summed E-state index contributed by atoms with van der Waals surface area (Å²) >= 11 is 14.5. The van der Waals surface area contributed by atoms with Gasteiger partial charge in [0, 0.05) is 12.1 Å². The quantitative estimate of drug-likeness (QED) is 0.107. The van der Waals surface area contributed by atoms with Crippen molar-refractivity contribution in [1.29, 1.82) is 0 Å². The van der Waals surface area contributed by atoms with Crippen molar-refractivity contribution in [3.05, 3.63) is 71.8 Å². The van der Waals surface area contributed by atoms with E-state index in [4.69, 9.17) is 24.4 Å². The van der Waals surface area contributed by atoms with Gasteiger partial charge in [0.25, 0.3) is 0 Å². The van der Waals surface area contributed by atoms with E-state index in [1.54, 1.807) is 45.5 Å². The number of fused-ring (bicyclic) bond motifs is 2. The van der Waals surface area contributed by atoms with Crippen LogP contribution < -0.4 is 42.5 Å². The van der Waals surface area contributed by atoms with Gasteiger partial charge in [-0.05, 0) is 114 Å². The maximum atomic E-state index is 14.6. The molecule has 16 nitrogen and oxygen atoms in total. The highest BCUT2D eigenvalue weighted by Gasteiger charge is 2.55. The van der Waals surface area contributed by atoms with Gasteiger partial charge in [0.2, 0.25) is 35.4 Å². The molecule has 4 saturated heterocycles. The number of amides is 6. The van der Waals surface area contributed by atoms with E-state index in [1.807, 2.05) is 90.3 Å². The molecule has 1 saturated carbocycles. The summed E-state index contributed by atoms with van der Waals surface area (Å²) in [5, 5.41) is 24.9. The first kappa shape index (κ1) is 85.6. The zero-order valence-corrected chi connectivity index (χ0v) is 59.2. The molecule has 5 fully saturated rings. The molecule has 460 valence electrons. The molecular formula is C50H90N10O6S14. The molecule has 0 unspecified atom stereocenters. The molecule has 2 aromatic carbocycles. The van der Waals surface area contributed by atoms with E-state index >= 15 is 0 Å². The number of carbonyl (C=O) groups excluding carboxylic acids is 6. The molecule has 7 rings (SSSR count). The van der Waals surface area contributed by atoms with Crippen LogP contribution in [0, 0.1) is 5.41 Å². The van der Waals surface area contributed by atoms with Crippen molar-refractivity contribution in [2.45, 2.75) is 157 Å². The Balaban J connectivity index is -0.00000289. The second-order valence-corrected chi connectivity index (χ2v) is 23.3.